The maximum absolute atomic E-state index is 12.4. The molecule has 0 bridgehead atoms. The predicted octanol–water partition coefficient (Wildman–Crippen LogP) is 3.50. The average Bonchev–Trinajstić information content (AvgIpc) is 2.62. The van der Waals surface area contributed by atoms with E-state index in [0.717, 1.165) is 22.3 Å². The largest absolute Gasteiger partial charge is 0.382 e. The summed E-state index contributed by atoms with van der Waals surface area (Å²) in [5, 5.41) is 23.4. The molecule has 0 saturated carbocycles. The van der Waals surface area contributed by atoms with E-state index in [9.17, 15) is 19.8 Å². The molecule has 5 heteroatoms. The van der Waals surface area contributed by atoms with Crippen LogP contribution in [-0.2, 0) is 13.1 Å². The van der Waals surface area contributed by atoms with E-state index in [0.29, 0.717) is 24.2 Å². The zero-order chi connectivity index (χ0) is 22.0. The summed E-state index contributed by atoms with van der Waals surface area (Å²) in [4.78, 5) is 24.8. The Balaban J connectivity index is 2.15. The Bertz CT molecular complexity index is 915. The minimum atomic E-state index is -1.42. The van der Waals surface area contributed by atoms with Gasteiger partial charge in [-0.25, -0.2) is 0 Å². The highest BCUT2D eigenvalue weighted by Gasteiger charge is 2.27. The molecule has 0 heterocycles. The van der Waals surface area contributed by atoms with Crippen molar-refractivity contribution in [1.29, 1.82) is 0 Å². The quantitative estimate of drug-likeness (QED) is 0.594. The van der Waals surface area contributed by atoms with E-state index in [-0.39, 0.29) is 11.6 Å². The molecule has 0 fully saturated rings. The van der Waals surface area contributed by atoms with Gasteiger partial charge in [0.05, 0.1) is 0 Å². The molecule has 156 valence electrons. The first-order valence-corrected chi connectivity index (χ1v) is 9.75. The summed E-state index contributed by atoms with van der Waals surface area (Å²) in [6.07, 6.45) is 0. The standard InChI is InChI=1S/C24H31NO4/c1-15-10-11-17(21(26)23(3,4)28)12-19(15)14-25-13-18-8-7-9-20(16(18)2)22(27)24(5,6)29/h7-12,25,28-29H,13-14H2,1-6H3. The van der Waals surface area contributed by atoms with Crippen molar-refractivity contribution in [2.45, 2.75) is 65.8 Å². The van der Waals surface area contributed by atoms with Crippen LogP contribution in [0.1, 0.15) is 70.7 Å². The molecule has 0 aliphatic carbocycles. The first-order chi connectivity index (χ1) is 13.3. The van der Waals surface area contributed by atoms with E-state index < -0.39 is 11.2 Å². The predicted molar refractivity (Wildman–Crippen MR) is 114 cm³/mol. The molecule has 0 unspecified atom stereocenters. The van der Waals surface area contributed by atoms with E-state index in [4.69, 9.17) is 0 Å². The first kappa shape index (κ1) is 22.9. The lowest BCUT2D eigenvalue weighted by Gasteiger charge is -2.19. The minimum Gasteiger partial charge on any atom is -0.382 e. The second-order valence-corrected chi connectivity index (χ2v) is 8.61. The molecule has 0 aliphatic rings. The van der Waals surface area contributed by atoms with Crippen LogP contribution in [-0.4, -0.2) is 33.0 Å². The summed E-state index contributed by atoms with van der Waals surface area (Å²) in [7, 11) is 0. The Hall–Kier alpha value is -2.34. The van der Waals surface area contributed by atoms with Gasteiger partial charge >= 0.3 is 0 Å². The van der Waals surface area contributed by atoms with Gasteiger partial charge in [0.15, 0.2) is 11.6 Å². The van der Waals surface area contributed by atoms with Crippen LogP contribution in [0.2, 0.25) is 0 Å². The molecular weight excluding hydrogens is 366 g/mol. The van der Waals surface area contributed by atoms with Gasteiger partial charge in [0.1, 0.15) is 11.2 Å². The Kier molecular flexibility index (Phi) is 6.78. The van der Waals surface area contributed by atoms with Gasteiger partial charge in [-0.15, -0.1) is 0 Å². The fraction of sp³-hybridized carbons (Fsp3) is 0.417. The summed E-state index contributed by atoms with van der Waals surface area (Å²) in [6.45, 7) is 10.9. The monoisotopic (exact) mass is 397 g/mol. The molecule has 29 heavy (non-hydrogen) atoms. The van der Waals surface area contributed by atoms with Gasteiger partial charge < -0.3 is 15.5 Å². The maximum Gasteiger partial charge on any atom is 0.194 e. The summed E-state index contributed by atoms with van der Waals surface area (Å²) in [5.74, 6) is -0.613. The molecule has 0 radical (unpaired) electrons. The zero-order valence-electron chi connectivity index (χ0n) is 18.1. The fourth-order valence-electron chi connectivity index (χ4n) is 3.14. The van der Waals surface area contributed by atoms with Crippen molar-refractivity contribution in [2.24, 2.45) is 0 Å². The number of hydrogen-bond donors (Lipinski definition) is 3. The maximum atomic E-state index is 12.4. The summed E-state index contributed by atoms with van der Waals surface area (Å²) in [5.41, 5.74) is 2.01. The highest BCUT2D eigenvalue weighted by Crippen LogP contribution is 2.20. The first-order valence-electron chi connectivity index (χ1n) is 9.75. The molecule has 0 atom stereocenters. The van der Waals surface area contributed by atoms with Gasteiger partial charge in [0, 0.05) is 24.2 Å². The van der Waals surface area contributed by atoms with Crippen LogP contribution < -0.4 is 5.32 Å². The summed E-state index contributed by atoms with van der Waals surface area (Å²) in [6, 6.07) is 10.9. The fourth-order valence-corrected chi connectivity index (χ4v) is 3.14. The van der Waals surface area contributed by atoms with Crippen LogP contribution in [0.5, 0.6) is 0 Å². The van der Waals surface area contributed by atoms with Crippen LogP contribution in [0, 0.1) is 13.8 Å². The number of nitrogens with one attached hydrogen (secondary N) is 1. The van der Waals surface area contributed by atoms with E-state index in [1.54, 1.807) is 12.1 Å². The van der Waals surface area contributed by atoms with Crippen molar-refractivity contribution in [1.82, 2.24) is 5.32 Å². The molecule has 0 aliphatic heterocycles. The highest BCUT2D eigenvalue weighted by atomic mass is 16.3. The zero-order valence-corrected chi connectivity index (χ0v) is 18.1. The molecule has 0 spiro atoms. The van der Waals surface area contributed by atoms with Crippen molar-refractivity contribution in [3.05, 3.63) is 69.8 Å². The van der Waals surface area contributed by atoms with Crippen molar-refractivity contribution in [2.75, 3.05) is 0 Å². The van der Waals surface area contributed by atoms with E-state index >= 15 is 0 Å². The van der Waals surface area contributed by atoms with E-state index in [1.807, 2.05) is 38.1 Å². The number of rotatable bonds is 8. The molecule has 2 rings (SSSR count). The van der Waals surface area contributed by atoms with Crippen molar-refractivity contribution in [3.63, 3.8) is 0 Å². The van der Waals surface area contributed by atoms with Gasteiger partial charge in [-0.1, -0.05) is 30.3 Å². The second-order valence-electron chi connectivity index (χ2n) is 8.61. The number of benzene rings is 2. The van der Waals surface area contributed by atoms with Crippen molar-refractivity contribution < 1.29 is 19.8 Å². The van der Waals surface area contributed by atoms with Crippen LogP contribution in [0.25, 0.3) is 0 Å². The Morgan fingerprint density at radius 1 is 0.862 bits per heavy atom. The van der Waals surface area contributed by atoms with Gasteiger partial charge in [0.2, 0.25) is 0 Å². The van der Waals surface area contributed by atoms with Crippen LogP contribution in [0.4, 0.5) is 0 Å². The third kappa shape index (κ3) is 5.60. The van der Waals surface area contributed by atoms with Crippen LogP contribution in [0.3, 0.4) is 0 Å². The number of carbonyl (C=O) groups excluding carboxylic acids is 2. The topological polar surface area (TPSA) is 86.6 Å². The third-order valence-corrected chi connectivity index (χ3v) is 5.04. The lowest BCUT2D eigenvalue weighted by Crippen LogP contribution is -2.32. The van der Waals surface area contributed by atoms with Gasteiger partial charge in [0.25, 0.3) is 0 Å². The number of carbonyl (C=O) groups is 2. The molecule has 3 N–H and O–H groups in total. The normalized spacial score (nSPS) is 12.1. The van der Waals surface area contributed by atoms with Gasteiger partial charge in [-0.3, -0.25) is 9.59 Å². The lowest BCUT2D eigenvalue weighted by molar-refractivity contribution is 0.0486. The Morgan fingerprint density at radius 2 is 1.45 bits per heavy atom. The van der Waals surface area contributed by atoms with Crippen LogP contribution in [0.15, 0.2) is 36.4 Å². The summed E-state index contributed by atoms with van der Waals surface area (Å²) < 4.78 is 0. The smallest absolute Gasteiger partial charge is 0.194 e. The van der Waals surface area contributed by atoms with Crippen molar-refractivity contribution in [3.8, 4) is 0 Å². The SMILES string of the molecule is Cc1ccc(C(=O)C(C)(C)O)cc1CNCc1cccc(C(=O)C(C)(C)O)c1C. The highest BCUT2D eigenvalue weighted by molar-refractivity contribution is 6.03. The molecule has 0 saturated heterocycles. The Labute approximate surface area is 172 Å². The minimum absolute atomic E-state index is 0.300. The molecule has 0 amide bonds. The molecule has 0 aromatic heterocycles. The lowest BCUT2D eigenvalue weighted by atomic mass is 9.91. The number of aliphatic hydroxyl groups is 2. The molecule has 5 nitrogen and oxygen atoms in total. The number of ketones is 2. The van der Waals surface area contributed by atoms with Gasteiger partial charge in [-0.2, -0.15) is 0 Å². The Morgan fingerprint density at radius 3 is 2.03 bits per heavy atom. The number of hydrogen-bond acceptors (Lipinski definition) is 5. The third-order valence-electron chi connectivity index (χ3n) is 5.04. The second kappa shape index (κ2) is 8.57. The van der Waals surface area contributed by atoms with Gasteiger partial charge in [-0.05, 0) is 69.9 Å². The molecule has 2 aromatic carbocycles. The van der Waals surface area contributed by atoms with E-state index in [1.165, 1.54) is 27.7 Å². The summed E-state index contributed by atoms with van der Waals surface area (Å²) >= 11 is 0. The number of aryl methyl sites for hydroxylation is 1. The molecule has 2 aromatic rings. The number of Topliss-reactive ketones (excluding diaryl/α,β-unsaturated/α-hetero) is 2. The average molecular weight is 398 g/mol. The van der Waals surface area contributed by atoms with Crippen molar-refractivity contribution >= 4 is 11.6 Å². The van der Waals surface area contributed by atoms with E-state index in [2.05, 4.69) is 5.32 Å². The van der Waals surface area contributed by atoms with Crippen LogP contribution >= 0.6 is 0 Å². The molecular formula is C24H31NO4.